The summed E-state index contributed by atoms with van der Waals surface area (Å²) >= 11 is 0. The maximum absolute atomic E-state index is 12.7. The molecule has 0 amide bonds. The molecular formula is C14H18N2O2. The zero-order valence-corrected chi connectivity index (χ0v) is 10.6. The molecule has 0 aromatic carbocycles. The molecule has 1 fully saturated rings. The number of hydrogen-bond acceptors (Lipinski definition) is 4. The van der Waals surface area contributed by atoms with Crippen LogP contribution < -0.4 is 5.73 Å². The third kappa shape index (κ3) is 1.60. The van der Waals surface area contributed by atoms with Crippen LogP contribution in [-0.4, -0.2) is 30.0 Å². The van der Waals surface area contributed by atoms with Gasteiger partial charge < -0.3 is 10.5 Å². The van der Waals surface area contributed by atoms with Crippen molar-refractivity contribution in [1.82, 2.24) is 4.98 Å². The number of hydrogen-bond donors (Lipinski definition) is 1. The molecule has 4 heteroatoms. The minimum absolute atomic E-state index is 0.0982. The van der Waals surface area contributed by atoms with Crippen LogP contribution in [0.5, 0.6) is 0 Å². The molecule has 0 bridgehead atoms. The first-order valence-electron chi connectivity index (χ1n) is 6.44. The van der Waals surface area contributed by atoms with Crippen molar-refractivity contribution in [2.24, 2.45) is 11.1 Å². The van der Waals surface area contributed by atoms with E-state index in [9.17, 15) is 4.79 Å². The lowest BCUT2D eigenvalue weighted by atomic mass is 9.75. The summed E-state index contributed by atoms with van der Waals surface area (Å²) in [7, 11) is 0. The number of carbonyl (C=O) groups is 1. The summed E-state index contributed by atoms with van der Waals surface area (Å²) < 4.78 is 5.37. The minimum atomic E-state index is -0.552. The predicted octanol–water partition coefficient (Wildman–Crippen LogP) is 1.04. The van der Waals surface area contributed by atoms with Gasteiger partial charge in [0, 0.05) is 12.2 Å². The fourth-order valence-electron chi connectivity index (χ4n) is 3.01. The number of ketones is 1. The van der Waals surface area contributed by atoms with E-state index in [1.807, 2.05) is 13.0 Å². The van der Waals surface area contributed by atoms with Gasteiger partial charge in [0.25, 0.3) is 0 Å². The Labute approximate surface area is 107 Å². The monoisotopic (exact) mass is 246 g/mol. The zero-order valence-electron chi connectivity index (χ0n) is 10.6. The fraction of sp³-hybridized carbons (Fsp3) is 0.571. The Kier molecular flexibility index (Phi) is 2.72. The number of nitrogens with zero attached hydrogens (tertiary/aromatic N) is 1. The molecular weight excluding hydrogens is 228 g/mol. The van der Waals surface area contributed by atoms with Gasteiger partial charge in [0.15, 0.2) is 5.78 Å². The van der Waals surface area contributed by atoms with Crippen LogP contribution >= 0.6 is 0 Å². The molecule has 3 unspecified atom stereocenters. The molecule has 0 spiro atoms. The highest BCUT2D eigenvalue weighted by molar-refractivity contribution is 5.92. The highest BCUT2D eigenvalue weighted by Gasteiger charge is 2.48. The van der Waals surface area contributed by atoms with E-state index in [2.05, 4.69) is 11.1 Å². The number of carbonyl (C=O) groups excluding carboxylic acids is 1. The molecule has 1 aliphatic carbocycles. The van der Waals surface area contributed by atoms with E-state index in [1.165, 1.54) is 5.56 Å². The smallest absolute Gasteiger partial charge is 0.151 e. The summed E-state index contributed by atoms with van der Waals surface area (Å²) in [6, 6.07) is 3.79. The van der Waals surface area contributed by atoms with Gasteiger partial charge in [-0.25, -0.2) is 0 Å². The number of aryl methyl sites for hydroxylation is 1. The number of aromatic nitrogens is 1. The zero-order chi connectivity index (χ0) is 12.8. The number of fused-ring (bicyclic) bond motifs is 1. The number of nitrogens with two attached hydrogens (primary N) is 1. The first-order valence-corrected chi connectivity index (χ1v) is 6.44. The second-order valence-corrected chi connectivity index (χ2v) is 5.54. The fourth-order valence-corrected chi connectivity index (χ4v) is 3.01. The Balaban J connectivity index is 1.91. The molecule has 1 saturated heterocycles. The van der Waals surface area contributed by atoms with Crippen molar-refractivity contribution in [2.75, 3.05) is 13.2 Å². The van der Waals surface area contributed by atoms with E-state index in [4.69, 9.17) is 10.5 Å². The van der Waals surface area contributed by atoms with Gasteiger partial charge >= 0.3 is 0 Å². The van der Waals surface area contributed by atoms with Gasteiger partial charge in [0.05, 0.1) is 30.2 Å². The van der Waals surface area contributed by atoms with E-state index in [-0.39, 0.29) is 17.7 Å². The Bertz CT molecular complexity index is 488. The standard InChI is InChI=1S/C14H18N2O2/c1-14(8-18-7-11(14)15)13(17)10-5-4-9-3-2-6-16-12(9)10/h2-3,6,10-11H,4-5,7-8,15H2,1H3. The van der Waals surface area contributed by atoms with E-state index < -0.39 is 5.41 Å². The van der Waals surface area contributed by atoms with Crippen LogP contribution in [0.4, 0.5) is 0 Å². The first kappa shape index (κ1) is 11.8. The van der Waals surface area contributed by atoms with Crippen molar-refractivity contribution in [1.29, 1.82) is 0 Å². The average molecular weight is 246 g/mol. The van der Waals surface area contributed by atoms with Crippen molar-refractivity contribution in [3.8, 4) is 0 Å². The van der Waals surface area contributed by atoms with Crippen molar-refractivity contribution in [3.63, 3.8) is 0 Å². The van der Waals surface area contributed by atoms with Crippen LogP contribution in [0.3, 0.4) is 0 Å². The molecule has 1 aromatic heterocycles. The molecule has 1 aromatic rings. The normalized spacial score (nSPS) is 34.6. The minimum Gasteiger partial charge on any atom is -0.379 e. The second kappa shape index (κ2) is 4.14. The molecule has 3 atom stereocenters. The largest absolute Gasteiger partial charge is 0.379 e. The number of ether oxygens (including phenoxy) is 1. The van der Waals surface area contributed by atoms with Gasteiger partial charge in [-0.2, -0.15) is 0 Å². The lowest BCUT2D eigenvalue weighted by Crippen LogP contribution is -2.46. The van der Waals surface area contributed by atoms with Crippen LogP contribution in [0.2, 0.25) is 0 Å². The third-order valence-electron chi connectivity index (χ3n) is 4.36. The molecule has 2 N–H and O–H groups in total. The van der Waals surface area contributed by atoms with Gasteiger partial charge in [-0.1, -0.05) is 6.07 Å². The lowest BCUT2D eigenvalue weighted by molar-refractivity contribution is -0.130. The maximum Gasteiger partial charge on any atom is 0.151 e. The highest BCUT2D eigenvalue weighted by atomic mass is 16.5. The third-order valence-corrected chi connectivity index (χ3v) is 4.36. The van der Waals surface area contributed by atoms with Crippen LogP contribution in [-0.2, 0) is 16.0 Å². The molecule has 0 saturated carbocycles. The van der Waals surface area contributed by atoms with E-state index in [0.29, 0.717) is 13.2 Å². The number of rotatable bonds is 2. The molecule has 1 aliphatic heterocycles. The second-order valence-electron chi connectivity index (χ2n) is 5.54. The van der Waals surface area contributed by atoms with E-state index >= 15 is 0 Å². The molecule has 2 heterocycles. The Morgan fingerprint density at radius 1 is 1.61 bits per heavy atom. The van der Waals surface area contributed by atoms with Crippen molar-refractivity contribution in [3.05, 3.63) is 29.6 Å². The molecule has 2 aliphatic rings. The summed E-state index contributed by atoms with van der Waals surface area (Å²) in [5, 5.41) is 0. The quantitative estimate of drug-likeness (QED) is 0.847. The van der Waals surface area contributed by atoms with Crippen molar-refractivity contribution < 1.29 is 9.53 Å². The summed E-state index contributed by atoms with van der Waals surface area (Å²) in [5.74, 6) is 0.101. The van der Waals surface area contributed by atoms with Crippen LogP contribution in [0, 0.1) is 5.41 Å². The van der Waals surface area contributed by atoms with E-state index in [1.54, 1.807) is 6.20 Å². The summed E-state index contributed by atoms with van der Waals surface area (Å²) in [5.41, 5.74) is 7.63. The van der Waals surface area contributed by atoms with Crippen LogP contribution in [0.25, 0.3) is 0 Å². The first-order chi connectivity index (χ1) is 8.63. The molecule has 4 nitrogen and oxygen atoms in total. The summed E-state index contributed by atoms with van der Waals surface area (Å²) in [6.45, 7) is 2.84. The topological polar surface area (TPSA) is 65.2 Å². The highest BCUT2D eigenvalue weighted by Crippen LogP contribution is 2.40. The Morgan fingerprint density at radius 3 is 3.17 bits per heavy atom. The van der Waals surface area contributed by atoms with Gasteiger partial charge in [0.2, 0.25) is 0 Å². The lowest BCUT2D eigenvalue weighted by Gasteiger charge is -2.28. The Morgan fingerprint density at radius 2 is 2.44 bits per heavy atom. The summed E-state index contributed by atoms with van der Waals surface area (Å²) in [4.78, 5) is 17.1. The Hall–Kier alpha value is -1.26. The average Bonchev–Trinajstić information content (AvgIpc) is 2.94. The van der Waals surface area contributed by atoms with Crippen LogP contribution in [0.15, 0.2) is 18.3 Å². The number of pyridine rings is 1. The summed E-state index contributed by atoms with van der Waals surface area (Å²) in [6.07, 6.45) is 3.55. The van der Waals surface area contributed by atoms with Gasteiger partial charge in [-0.15, -0.1) is 0 Å². The van der Waals surface area contributed by atoms with Gasteiger partial charge in [0.1, 0.15) is 0 Å². The predicted molar refractivity (Wildman–Crippen MR) is 67.2 cm³/mol. The molecule has 18 heavy (non-hydrogen) atoms. The van der Waals surface area contributed by atoms with Gasteiger partial charge in [-0.3, -0.25) is 9.78 Å². The number of Topliss-reactive ketones (excluding diaryl/α,β-unsaturated/α-hetero) is 1. The maximum atomic E-state index is 12.7. The van der Waals surface area contributed by atoms with E-state index in [0.717, 1.165) is 18.5 Å². The van der Waals surface area contributed by atoms with Crippen LogP contribution in [0.1, 0.15) is 30.5 Å². The van der Waals surface area contributed by atoms with Gasteiger partial charge in [-0.05, 0) is 31.4 Å². The van der Waals surface area contributed by atoms with Crippen molar-refractivity contribution in [2.45, 2.75) is 31.7 Å². The molecule has 0 radical (unpaired) electrons. The van der Waals surface area contributed by atoms with Crippen molar-refractivity contribution >= 4 is 5.78 Å². The molecule has 96 valence electrons. The molecule has 3 rings (SSSR count). The SMILES string of the molecule is CC1(C(=O)C2CCc3cccnc32)COCC1N.